The van der Waals surface area contributed by atoms with Crippen molar-refractivity contribution in [3.63, 3.8) is 0 Å². The number of furan rings is 1. The van der Waals surface area contributed by atoms with Gasteiger partial charge in [0.25, 0.3) is 0 Å². The van der Waals surface area contributed by atoms with Gasteiger partial charge in [-0.1, -0.05) is 36.7 Å². The Morgan fingerprint density at radius 1 is 1.25 bits per heavy atom. The highest BCUT2D eigenvalue weighted by Gasteiger charge is 2.17. The van der Waals surface area contributed by atoms with Crippen LogP contribution in [0.3, 0.4) is 0 Å². The molecule has 16 heavy (non-hydrogen) atoms. The van der Waals surface area contributed by atoms with Gasteiger partial charge in [-0.3, -0.25) is 0 Å². The maximum absolute atomic E-state index is 6.19. The molecule has 84 valence electrons. The van der Waals surface area contributed by atoms with Gasteiger partial charge in [0, 0.05) is 5.02 Å². The molecule has 0 amide bonds. The van der Waals surface area contributed by atoms with E-state index in [1.807, 2.05) is 36.4 Å². The van der Waals surface area contributed by atoms with Crippen LogP contribution in [0.25, 0.3) is 0 Å². The highest BCUT2D eigenvalue weighted by Crippen LogP contribution is 2.28. The molecule has 1 aromatic heterocycles. The van der Waals surface area contributed by atoms with Crippen molar-refractivity contribution in [3.05, 3.63) is 59.0 Å². The molecule has 1 unspecified atom stereocenters. The molecule has 0 saturated heterocycles. The average molecular weight is 236 g/mol. The van der Waals surface area contributed by atoms with Gasteiger partial charge in [-0.25, -0.2) is 0 Å². The summed E-state index contributed by atoms with van der Waals surface area (Å²) < 4.78 is 5.44. The normalized spacial score (nSPS) is 12.6. The van der Waals surface area contributed by atoms with E-state index in [4.69, 9.17) is 16.0 Å². The van der Waals surface area contributed by atoms with Crippen LogP contribution in [0.15, 0.2) is 47.1 Å². The number of rotatable bonds is 4. The van der Waals surface area contributed by atoms with E-state index in [1.54, 1.807) is 6.26 Å². The minimum atomic E-state index is 0.0219. The predicted octanol–water partition coefficient (Wildman–Crippen LogP) is 3.63. The van der Waals surface area contributed by atoms with Crippen molar-refractivity contribution in [1.82, 2.24) is 5.32 Å². The van der Waals surface area contributed by atoms with Crippen molar-refractivity contribution in [2.75, 3.05) is 6.54 Å². The zero-order valence-electron chi connectivity index (χ0n) is 9.11. The molecule has 1 aromatic carbocycles. The summed E-state index contributed by atoms with van der Waals surface area (Å²) in [6.07, 6.45) is 1.68. The lowest BCUT2D eigenvalue weighted by atomic mass is 10.0. The molecular weight excluding hydrogens is 222 g/mol. The summed E-state index contributed by atoms with van der Waals surface area (Å²) >= 11 is 6.19. The van der Waals surface area contributed by atoms with Gasteiger partial charge in [0.1, 0.15) is 5.76 Å². The van der Waals surface area contributed by atoms with Gasteiger partial charge in [0.05, 0.1) is 12.3 Å². The molecule has 2 aromatic rings. The molecule has 0 radical (unpaired) electrons. The number of hydrogen-bond donors (Lipinski definition) is 1. The summed E-state index contributed by atoms with van der Waals surface area (Å²) in [6, 6.07) is 11.7. The van der Waals surface area contributed by atoms with Gasteiger partial charge in [0.2, 0.25) is 0 Å². The van der Waals surface area contributed by atoms with Gasteiger partial charge in [-0.15, -0.1) is 0 Å². The summed E-state index contributed by atoms with van der Waals surface area (Å²) in [4.78, 5) is 0. The smallest absolute Gasteiger partial charge is 0.125 e. The van der Waals surface area contributed by atoms with Crippen molar-refractivity contribution in [1.29, 1.82) is 0 Å². The Balaban J connectivity index is 2.37. The SMILES string of the molecule is CCNC(c1ccco1)c1ccccc1Cl. The average Bonchev–Trinajstić information content (AvgIpc) is 2.80. The summed E-state index contributed by atoms with van der Waals surface area (Å²) in [6.45, 7) is 2.92. The van der Waals surface area contributed by atoms with Crippen molar-refractivity contribution >= 4 is 11.6 Å². The third-order valence-electron chi connectivity index (χ3n) is 2.45. The number of hydrogen-bond acceptors (Lipinski definition) is 2. The first-order chi connectivity index (χ1) is 7.83. The third-order valence-corrected chi connectivity index (χ3v) is 2.80. The van der Waals surface area contributed by atoms with Crippen LogP contribution in [0.4, 0.5) is 0 Å². The molecule has 2 rings (SSSR count). The summed E-state index contributed by atoms with van der Waals surface area (Å²) in [5.74, 6) is 0.884. The summed E-state index contributed by atoms with van der Waals surface area (Å²) in [5, 5.41) is 4.12. The van der Waals surface area contributed by atoms with Crippen LogP contribution in [0.1, 0.15) is 24.3 Å². The Morgan fingerprint density at radius 3 is 2.69 bits per heavy atom. The van der Waals surface area contributed by atoms with Crippen molar-refractivity contribution in [2.24, 2.45) is 0 Å². The van der Waals surface area contributed by atoms with E-state index in [-0.39, 0.29) is 6.04 Å². The highest BCUT2D eigenvalue weighted by atomic mass is 35.5. The van der Waals surface area contributed by atoms with E-state index in [0.29, 0.717) is 0 Å². The second-order valence-electron chi connectivity index (χ2n) is 3.53. The van der Waals surface area contributed by atoms with Crippen LogP contribution in [0, 0.1) is 0 Å². The van der Waals surface area contributed by atoms with Gasteiger partial charge in [-0.2, -0.15) is 0 Å². The van der Waals surface area contributed by atoms with Crippen LogP contribution < -0.4 is 5.32 Å². The highest BCUT2D eigenvalue weighted by molar-refractivity contribution is 6.31. The molecule has 1 heterocycles. The standard InChI is InChI=1S/C13H14ClNO/c1-2-15-13(12-8-5-9-16-12)10-6-3-4-7-11(10)14/h3-9,13,15H,2H2,1H3. The Bertz CT molecular complexity index is 439. The van der Waals surface area contributed by atoms with Crippen LogP contribution in [0.5, 0.6) is 0 Å². The number of benzene rings is 1. The first-order valence-electron chi connectivity index (χ1n) is 5.34. The Morgan fingerprint density at radius 2 is 2.06 bits per heavy atom. The number of halogens is 1. The Hall–Kier alpha value is -1.25. The molecule has 0 saturated carbocycles. The zero-order valence-corrected chi connectivity index (χ0v) is 9.87. The van der Waals surface area contributed by atoms with Crippen molar-refractivity contribution in [3.8, 4) is 0 Å². The second kappa shape index (κ2) is 5.19. The van der Waals surface area contributed by atoms with Gasteiger partial charge in [-0.05, 0) is 30.3 Å². The van der Waals surface area contributed by atoms with Gasteiger partial charge < -0.3 is 9.73 Å². The molecule has 0 fully saturated rings. The summed E-state index contributed by atoms with van der Waals surface area (Å²) in [7, 11) is 0. The summed E-state index contributed by atoms with van der Waals surface area (Å²) in [5.41, 5.74) is 1.04. The molecule has 0 aliphatic heterocycles. The molecule has 1 atom stereocenters. The predicted molar refractivity (Wildman–Crippen MR) is 65.7 cm³/mol. The topological polar surface area (TPSA) is 25.2 Å². The minimum Gasteiger partial charge on any atom is -0.467 e. The first-order valence-corrected chi connectivity index (χ1v) is 5.72. The van der Waals surface area contributed by atoms with Crippen LogP contribution in [-0.4, -0.2) is 6.54 Å². The molecule has 0 aliphatic rings. The monoisotopic (exact) mass is 235 g/mol. The Kier molecular flexibility index (Phi) is 3.65. The van der Waals surface area contributed by atoms with Crippen molar-refractivity contribution in [2.45, 2.75) is 13.0 Å². The molecular formula is C13H14ClNO. The van der Waals surface area contributed by atoms with Gasteiger partial charge in [0.15, 0.2) is 0 Å². The molecule has 3 heteroatoms. The lowest BCUT2D eigenvalue weighted by Crippen LogP contribution is -2.21. The van der Waals surface area contributed by atoms with E-state index >= 15 is 0 Å². The first kappa shape index (κ1) is 11.2. The fraction of sp³-hybridized carbons (Fsp3) is 0.231. The molecule has 2 nitrogen and oxygen atoms in total. The van der Waals surface area contributed by atoms with E-state index in [2.05, 4.69) is 12.2 Å². The van der Waals surface area contributed by atoms with Crippen LogP contribution in [0.2, 0.25) is 5.02 Å². The fourth-order valence-electron chi connectivity index (χ4n) is 1.73. The lowest BCUT2D eigenvalue weighted by molar-refractivity contribution is 0.452. The minimum absolute atomic E-state index is 0.0219. The Labute approximate surface area is 100 Å². The number of nitrogens with one attached hydrogen (secondary N) is 1. The van der Waals surface area contributed by atoms with E-state index in [0.717, 1.165) is 22.9 Å². The zero-order chi connectivity index (χ0) is 11.4. The molecule has 0 bridgehead atoms. The van der Waals surface area contributed by atoms with E-state index < -0.39 is 0 Å². The van der Waals surface area contributed by atoms with E-state index in [9.17, 15) is 0 Å². The van der Waals surface area contributed by atoms with E-state index in [1.165, 1.54) is 0 Å². The molecule has 0 aliphatic carbocycles. The second-order valence-corrected chi connectivity index (χ2v) is 3.93. The third kappa shape index (κ3) is 2.29. The maximum atomic E-state index is 6.19. The van der Waals surface area contributed by atoms with Crippen LogP contribution >= 0.6 is 11.6 Å². The fourth-order valence-corrected chi connectivity index (χ4v) is 1.98. The quantitative estimate of drug-likeness (QED) is 0.876. The van der Waals surface area contributed by atoms with Crippen molar-refractivity contribution < 1.29 is 4.42 Å². The largest absolute Gasteiger partial charge is 0.467 e. The maximum Gasteiger partial charge on any atom is 0.125 e. The van der Waals surface area contributed by atoms with Crippen LogP contribution in [-0.2, 0) is 0 Å². The lowest BCUT2D eigenvalue weighted by Gasteiger charge is -2.17. The molecule has 0 spiro atoms. The van der Waals surface area contributed by atoms with Gasteiger partial charge >= 0.3 is 0 Å². The molecule has 1 N–H and O–H groups in total.